The Hall–Kier alpha value is -2.84. The number of piperazine rings is 2. The molecule has 2 aliphatic heterocycles. The highest BCUT2D eigenvalue weighted by molar-refractivity contribution is 6.31. The van der Waals surface area contributed by atoms with Crippen LogP contribution in [-0.4, -0.2) is 72.1 Å². The topological polar surface area (TPSA) is 56.3 Å². The lowest BCUT2D eigenvalue weighted by molar-refractivity contribution is 0.195. The maximum absolute atomic E-state index is 6.24. The predicted octanol–water partition coefficient (Wildman–Crippen LogP) is 5.66. The highest BCUT2D eigenvalue weighted by Crippen LogP contribution is 2.38. The quantitative estimate of drug-likeness (QED) is 0.300. The molecule has 2 fully saturated rings. The van der Waals surface area contributed by atoms with Crippen molar-refractivity contribution >= 4 is 23.2 Å². The van der Waals surface area contributed by atoms with E-state index in [0.717, 1.165) is 88.1 Å². The van der Waals surface area contributed by atoms with E-state index in [-0.39, 0.29) is 12.1 Å². The number of nitrogens with zero attached hydrogens (tertiary/aromatic N) is 4. The summed E-state index contributed by atoms with van der Waals surface area (Å²) in [5.41, 5.74) is 10.7. The van der Waals surface area contributed by atoms with Crippen molar-refractivity contribution in [1.82, 2.24) is 30.4 Å². The van der Waals surface area contributed by atoms with Crippen LogP contribution < -0.4 is 10.6 Å². The number of nitrogens with one attached hydrogen (secondary N) is 2. The molecule has 6 nitrogen and oxygen atoms in total. The molecular formula is C36H40Cl2N6. The third-order valence-electron chi connectivity index (χ3n) is 9.53. The van der Waals surface area contributed by atoms with Gasteiger partial charge in [-0.1, -0.05) is 47.5 Å². The zero-order valence-corrected chi connectivity index (χ0v) is 26.6. The average Bonchev–Trinajstić information content (AvgIpc) is 3.33. The van der Waals surface area contributed by atoms with Crippen LogP contribution >= 0.6 is 23.2 Å². The third kappa shape index (κ3) is 6.30. The van der Waals surface area contributed by atoms with Gasteiger partial charge in [-0.2, -0.15) is 0 Å². The van der Waals surface area contributed by atoms with Gasteiger partial charge in [-0.25, -0.2) is 0 Å². The largest absolute Gasteiger partial charge is 0.314 e. The van der Waals surface area contributed by atoms with Gasteiger partial charge in [-0.05, 0) is 95.5 Å². The molecule has 0 radical (unpaired) electrons. The number of hydrogen-bond donors (Lipinski definition) is 2. The second-order valence-corrected chi connectivity index (χ2v) is 13.0. The fourth-order valence-electron chi connectivity index (χ4n) is 7.39. The van der Waals surface area contributed by atoms with Crippen LogP contribution in [-0.2, 0) is 25.7 Å². The van der Waals surface area contributed by atoms with Gasteiger partial charge < -0.3 is 10.6 Å². The summed E-state index contributed by atoms with van der Waals surface area (Å²) >= 11 is 12.5. The molecule has 2 aromatic heterocycles. The lowest BCUT2D eigenvalue weighted by Crippen LogP contribution is -2.45. The predicted molar refractivity (Wildman–Crippen MR) is 179 cm³/mol. The summed E-state index contributed by atoms with van der Waals surface area (Å²) in [5, 5.41) is 8.55. The summed E-state index contributed by atoms with van der Waals surface area (Å²) in [6, 6.07) is 21.8. The highest BCUT2D eigenvalue weighted by atomic mass is 35.5. The summed E-state index contributed by atoms with van der Waals surface area (Å²) in [6.45, 7) is 8.41. The van der Waals surface area contributed by atoms with E-state index < -0.39 is 0 Å². The van der Waals surface area contributed by atoms with Gasteiger partial charge in [0.25, 0.3) is 0 Å². The van der Waals surface area contributed by atoms with E-state index in [1.54, 1.807) is 0 Å². The van der Waals surface area contributed by atoms with Crippen molar-refractivity contribution < 1.29 is 0 Å². The lowest BCUT2D eigenvalue weighted by Gasteiger charge is -2.35. The zero-order chi connectivity index (χ0) is 29.9. The first-order valence-electron chi connectivity index (χ1n) is 16.0. The second-order valence-electron chi connectivity index (χ2n) is 12.2. The van der Waals surface area contributed by atoms with E-state index in [2.05, 4.69) is 69.0 Å². The van der Waals surface area contributed by atoms with Gasteiger partial charge in [-0.3, -0.25) is 19.8 Å². The van der Waals surface area contributed by atoms with Crippen molar-refractivity contribution in [3.05, 3.63) is 128 Å². The van der Waals surface area contributed by atoms with Crippen molar-refractivity contribution in [2.24, 2.45) is 0 Å². The Morgan fingerprint density at radius 2 is 0.955 bits per heavy atom. The monoisotopic (exact) mass is 626 g/mol. The minimum Gasteiger partial charge on any atom is -0.314 e. The Morgan fingerprint density at radius 3 is 1.39 bits per heavy atom. The molecule has 0 spiro atoms. The summed E-state index contributed by atoms with van der Waals surface area (Å²) in [5.74, 6) is 0. The number of rotatable bonds is 2. The molecule has 0 saturated carbocycles. The first-order chi connectivity index (χ1) is 21.7. The smallest absolute Gasteiger partial charge is 0.0782 e. The van der Waals surface area contributed by atoms with Crippen LogP contribution in [0.15, 0.2) is 73.1 Å². The van der Waals surface area contributed by atoms with E-state index in [1.165, 1.54) is 44.8 Å². The SMILES string of the molecule is Clc1ccc2c(c1)CCc1cccnc1[C@@H]2N1CCNCC1.Clc1ccc2c(c1)CCc1cccnc1[C@H]2N1CCNCC1. The van der Waals surface area contributed by atoms with Gasteiger partial charge in [0.1, 0.15) is 0 Å². The molecule has 0 bridgehead atoms. The second kappa shape index (κ2) is 13.7. The Balaban J connectivity index is 0.000000142. The van der Waals surface area contributed by atoms with Crippen LogP contribution in [0.5, 0.6) is 0 Å². The number of benzene rings is 2. The molecule has 0 unspecified atom stereocenters. The minimum absolute atomic E-state index is 0.257. The molecule has 2 saturated heterocycles. The van der Waals surface area contributed by atoms with Gasteiger partial charge >= 0.3 is 0 Å². The molecular weight excluding hydrogens is 587 g/mol. The molecule has 4 heterocycles. The lowest BCUT2D eigenvalue weighted by atomic mass is 9.96. The number of halogens is 2. The van der Waals surface area contributed by atoms with Crippen LogP contribution in [0.25, 0.3) is 0 Å². The molecule has 2 aromatic carbocycles. The highest BCUT2D eigenvalue weighted by Gasteiger charge is 2.32. The molecule has 8 rings (SSSR count). The molecule has 2 atom stereocenters. The van der Waals surface area contributed by atoms with Gasteiger partial charge in [0.15, 0.2) is 0 Å². The van der Waals surface area contributed by atoms with Crippen molar-refractivity contribution in [3.63, 3.8) is 0 Å². The first-order valence-corrected chi connectivity index (χ1v) is 16.7. The van der Waals surface area contributed by atoms with Gasteiger partial charge in [0.05, 0.1) is 23.5 Å². The van der Waals surface area contributed by atoms with Crippen molar-refractivity contribution in [2.45, 2.75) is 37.8 Å². The maximum Gasteiger partial charge on any atom is 0.0782 e. The normalized spacial score (nSPS) is 21.8. The van der Waals surface area contributed by atoms with Gasteiger partial charge in [0.2, 0.25) is 0 Å². The summed E-state index contributed by atoms with van der Waals surface area (Å²) < 4.78 is 0. The first kappa shape index (κ1) is 29.8. The molecule has 0 amide bonds. The number of pyridine rings is 2. The Labute approximate surface area is 270 Å². The van der Waals surface area contributed by atoms with E-state index in [4.69, 9.17) is 33.2 Å². The molecule has 4 aliphatic rings. The number of aromatic nitrogens is 2. The van der Waals surface area contributed by atoms with Crippen LogP contribution in [0.2, 0.25) is 10.0 Å². The van der Waals surface area contributed by atoms with Gasteiger partial charge in [0, 0.05) is 74.8 Å². The van der Waals surface area contributed by atoms with Crippen LogP contribution in [0.1, 0.15) is 56.9 Å². The average molecular weight is 628 g/mol. The fraction of sp³-hybridized carbons (Fsp3) is 0.389. The van der Waals surface area contributed by atoms with Crippen molar-refractivity contribution in [1.29, 1.82) is 0 Å². The van der Waals surface area contributed by atoms with E-state index in [1.807, 2.05) is 24.5 Å². The van der Waals surface area contributed by atoms with E-state index in [0.29, 0.717) is 0 Å². The molecule has 4 aromatic rings. The maximum atomic E-state index is 6.24. The molecule has 2 N–H and O–H groups in total. The number of hydrogen-bond acceptors (Lipinski definition) is 6. The number of aryl methyl sites for hydroxylation is 4. The standard InChI is InChI=1S/2C18H20ClN3/c2*19-15-5-6-16-14(12-15)4-3-13-2-1-7-21-17(13)18(16)22-10-8-20-9-11-22/h2*1-2,5-7,12,18,20H,3-4,8-11H2/t2*18-/m10/s1. The minimum atomic E-state index is 0.257. The molecule has 2 aliphatic carbocycles. The Kier molecular flexibility index (Phi) is 9.26. The molecule has 8 heteroatoms. The van der Waals surface area contributed by atoms with E-state index >= 15 is 0 Å². The Bertz CT molecular complexity index is 1480. The third-order valence-corrected chi connectivity index (χ3v) is 10.0. The Morgan fingerprint density at radius 1 is 0.545 bits per heavy atom. The van der Waals surface area contributed by atoms with Gasteiger partial charge in [-0.15, -0.1) is 0 Å². The van der Waals surface area contributed by atoms with Crippen LogP contribution in [0.3, 0.4) is 0 Å². The van der Waals surface area contributed by atoms with Crippen molar-refractivity contribution in [3.8, 4) is 0 Å². The molecule has 228 valence electrons. The zero-order valence-electron chi connectivity index (χ0n) is 25.1. The van der Waals surface area contributed by atoms with Crippen LogP contribution in [0.4, 0.5) is 0 Å². The molecule has 44 heavy (non-hydrogen) atoms. The fourth-order valence-corrected chi connectivity index (χ4v) is 7.77. The van der Waals surface area contributed by atoms with Crippen molar-refractivity contribution in [2.75, 3.05) is 52.4 Å². The summed E-state index contributed by atoms with van der Waals surface area (Å²) in [6.07, 6.45) is 8.01. The van der Waals surface area contributed by atoms with E-state index in [9.17, 15) is 0 Å². The van der Waals surface area contributed by atoms with Crippen LogP contribution in [0, 0.1) is 0 Å². The summed E-state index contributed by atoms with van der Waals surface area (Å²) in [7, 11) is 0. The summed E-state index contributed by atoms with van der Waals surface area (Å²) in [4.78, 5) is 14.6. The number of fused-ring (bicyclic) bond motifs is 4.